The molecule has 1 amide bonds. The van der Waals surface area contributed by atoms with E-state index in [4.69, 9.17) is 23.2 Å². The molecular formula is C21H23Cl2N5O3S. The summed E-state index contributed by atoms with van der Waals surface area (Å²) in [5.74, 6) is 0.0132. The molecule has 1 saturated heterocycles. The fraction of sp³-hybridized carbons (Fsp3) is 0.333. The van der Waals surface area contributed by atoms with E-state index in [0.29, 0.717) is 35.5 Å². The zero-order valence-electron chi connectivity index (χ0n) is 17.5. The van der Waals surface area contributed by atoms with E-state index in [9.17, 15) is 13.2 Å². The number of nitrogens with zero attached hydrogens (tertiary/aromatic N) is 4. The fourth-order valence-corrected chi connectivity index (χ4v) is 5.70. The van der Waals surface area contributed by atoms with Crippen LogP contribution >= 0.6 is 23.2 Å². The number of halogens is 2. The second-order valence-electron chi connectivity index (χ2n) is 7.68. The highest BCUT2D eigenvalue weighted by atomic mass is 35.5. The molecule has 0 radical (unpaired) electrons. The third-order valence-corrected chi connectivity index (χ3v) is 8.20. The van der Waals surface area contributed by atoms with Gasteiger partial charge in [-0.05, 0) is 30.5 Å². The largest absolute Gasteiger partial charge is 0.345 e. The van der Waals surface area contributed by atoms with Crippen LogP contribution in [0.25, 0.3) is 0 Å². The number of carbonyl (C=O) groups is 1. The smallest absolute Gasteiger partial charge is 0.273 e. The molecule has 32 heavy (non-hydrogen) atoms. The first-order valence-electron chi connectivity index (χ1n) is 10.2. The Labute approximate surface area is 196 Å². The second kappa shape index (κ2) is 9.27. The lowest BCUT2D eigenvalue weighted by Gasteiger charge is -2.25. The number of hydrogen-bond donors (Lipinski definition) is 1. The first kappa shape index (κ1) is 22.8. The van der Waals surface area contributed by atoms with Crippen molar-refractivity contribution < 1.29 is 13.2 Å². The fourth-order valence-electron chi connectivity index (χ4n) is 3.73. The minimum Gasteiger partial charge on any atom is -0.345 e. The number of anilines is 1. The number of aryl methyl sites for hydroxylation is 1. The van der Waals surface area contributed by atoms with Crippen molar-refractivity contribution in [1.29, 1.82) is 0 Å². The summed E-state index contributed by atoms with van der Waals surface area (Å²) in [6, 6.07) is 8.39. The van der Waals surface area contributed by atoms with Crippen LogP contribution in [-0.2, 0) is 23.6 Å². The molecule has 0 bridgehead atoms. The first-order chi connectivity index (χ1) is 15.3. The van der Waals surface area contributed by atoms with Crippen molar-refractivity contribution in [2.75, 3.05) is 18.4 Å². The summed E-state index contributed by atoms with van der Waals surface area (Å²) in [6.45, 7) is 1.32. The molecule has 1 fully saturated rings. The van der Waals surface area contributed by atoms with Gasteiger partial charge < -0.3 is 9.88 Å². The number of sulfonamides is 1. The van der Waals surface area contributed by atoms with Crippen LogP contribution in [0.2, 0.25) is 10.0 Å². The van der Waals surface area contributed by atoms with Crippen molar-refractivity contribution in [3.63, 3.8) is 0 Å². The summed E-state index contributed by atoms with van der Waals surface area (Å²) in [4.78, 5) is 13.1. The van der Waals surface area contributed by atoms with E-state index in [2.05, 4.69) is 10.4 Å². The van der Waals surface area contributed by atoms with Gasteiger partial charge in [-0.3, -0.25) is 4.79 Å². The number of nitrogens with one attached hydrogen (secondary N) is 1. The predicted octanol–water partition coefficient (Wildman–Crippen LogP) is 4.00. The third-order valence-electron chi connectivity index (χ3n) is 5.48. The maximum Gasteiger partial charge on any atom is 0.273 e. The normalized spacial score (nSPS) is 15.1. The van der Waals surface area contributed by atoms with E-state index in [0.717, 1.165) is 24.8 Å². The Bertz CT molecular complexity index is 1250. The number of rotatable bonds is 6. The number of piperidine rings is 1. The molecule has 0 spiro atoms. The molecule has 2 aromatic heterocycles. The van der Waals surface area contributed by atoms with Gasteiger partial charge in [0.2, 0.25) is 10.0 Å². The molecule has 4 rings (SSSR count). The molecule has 11 heteroatoms. The third kappa shape index (κ3) is 4.56. The number of aromatic nitrogens is 3. The number of benzene rings is 1. The van der Waals surface area contributed by atoms with Gasteiger partial charge in [0, 0.05) is 32.4 Å². The van der Waals surface area contributed by atoms with Crippen molar-refractivity contribution in [3.8, 4) is 0 Å². The molecule has 3 aromatic rings. The summed E-state index contributed by atoms with van der Waals surface area (Å²) in [6.07, 6.45) is 5.76. The van der Waals surface area contributed by atoms with Gasteiger partial charge in [-0.15, -0.1) is 0 Å². The van der Waals surface area contributed by atoms with E-state index >= 15 is 0 Å². The van der Waals surface area contributed by atoms with Crippen LogP contribution in [0.1, 0.15) is 35.3 Å². The summed E-state index contributed by atoms with van der Waals surface area (Å²) < 4.78 is 30.5. The van der Waals surface area contributed by atoms with Crippen molar-refractivity contribution in [2.45, 2.75) is 30.7 Å². The minimum atomic E-state index is -3.63. The Balaban J connectivity index is 1.53. The summed E-state index contributed by atoms with van der Waals surface area (Å²) in [5.41, 5.74) is 0.987. The molecule has 8 nitrogen and oxygen atoms in total. The van der Waals surface area contributed by atoms with E-state index in [1.165, 1.54) is 21.1 Å². The standard InChI is InChI=1S/C21H23Cl2N5O3S/c1-26-14-16(32(30,31)27-10-3-2-4-11-27)12-18(26)21(29)25-19-8-9-24-28(19)13-15-6-5-7-17(22)20(15)23/h5-9,12,14H,2-4,10-11,13H2,1H3,(H,25,29). The SMILES string of the molecule is Cn1cc(S(=O)(=O)N2CCCCC2)cc1C(=O)Nc1ccnn1Cc1cccc(Cl)c1Cl. The zero-order valence-corrected chi connectivity index (χ0v) is 19.8. The molecule has 1 aromatic carbocycles. The van der Waals surface area contributed by atoms with Crippen LogP contribution in [0.4, 0.5) is 5.82 Å². The van der Waals surface area contributed by atoms with Gasteiger partial charge >= 0.3 is 0 Å². The van der Waals surface area contributed by atoms with Gasteiger partial charge in [-0.2, -0.15) is 9.40 Å². The quantitative estimate of drug-likeness (QED) is 0.559. The van der Waals surface area contributed by atoms with Crippen LogP contribution in [0.3, 0.4) is 0 Å². The van der Waals surface area contributed by atoms with Gasteiger partial charge in [0.05, 0.1) is 22.8 Å². The number of hydrogen-bond acceptors (Lipinski definition) is 4. The molecule has 1 aliphatic heterocycles. The Morgan fingerprint density at radius 1 is 1.16 bits per heavy atom. The molecule has 1 aliphatic rings. The average molecular weight is 496 g/mol. The van der Waals surface area contributed by atoms with E-state index in [-0.39, 0.29) is 10.6 Å². The van der Waals surface area contributed by atoms with E-state index in [1.807, 2.05) is 6.07 Å². The molecule has 0 saturated carbocycles. The van der Waals surface area contributed by atoms with Crippen LogP contribution in [0.5, 0.6) is 0 Å². The average Bonchev–Trinajstić information content (AvgIpc) is 3.38. The molecule has 0 aliphatic carbocycles. The van der Waals surface area contributed by atoms with E-state index < -0.39 is 15.9 Å². The van der Waals surface area contributed by atoms with Crippen LogP contribution in [-0.4, -0.2) is 46.1 Å². The van der Waals surface area contributed by atoms with Crippen molar-refractivity contribution in [2.24, 2.45) is 7.05 Å². The lowest BCUT2D eigenvalue weighted by Crippen LogP contribution is -2.35. The van der Waals surface area contributed by atoms with Crippen molar-refractivity contribution in [1.82, 2.24) is 18.7 Å². The van der Waals surface area contributed by atoms with Gasteiger partial charge in [0.1, 0.15) is 16.4 Å². The summed E-state index contributed by atoms with van der Waals surface area (Å²) in [7, 11) is -1.98. The Morgan fingerprint density at radius 3 is 2.66 bits per heavy atom. The predicted molar refractivity (Wildman–Crippen MR) is 124 cm³/mol. The van der Waals surface area contributed by atoms with Gasteiger partial charge in [0.15, 0.2) is 0 Å². The summed E-state index contributed by atoms with van der Waals surface area (Å²) in [5, 5.41) is 7.92. The molecule has 0 atom stereocenters. The zero-order chi connectivity index (χ0) is 22.9. The monoisotopic (exact) mass is 495 g/mol. The number of amides is 1. The minimum absolute atomic E-state index is 0.117. The van der Waals surface area contributed by atoms with E-state index in [1.54, 1.807) is 36.1 Å². The molecule has 3 heterocycles. The highest BCUT2D eigenvalue weighted by molar-refractivity contribution is 7.89. The molecule has 0 unspecified atom stereocenters. The van der Waals surface area contributed by atoms with Crippen molar-refractivity contribution >= 4 is 45.0 Å². The molecule has 1 N–H and O–H groups in total. The van der Waals surface area contributed by atoms with Crippen LogP contribution in [0.15, 0.2) is 47.6 Å². The Morgan fingerprint density at radius 2 is 1.91 bits per heavy atom. The maximum atomic E-state index is 13.0. The lowest BCUT2D eigenvalue weighted by atomic mass is 10.2. The lowest BCUT2D eigenvalue weighted by molar-refractivity contribution is 0.101. The van der Waals surface area contributed by atoms with Gasteiger partial charge in [0.25, 0.3) is 5.91 Å². The van der Waals surface area contributed by atoms with Crippen LogP contribution in [0, 0.1) is 0 Å². The second-order valence-corrected chi connectivity index (χ2v) is 10.4. The highest BCUT2D eigenvalue weighted by Crippen LogP contribution is 2.27. The maximum absolute atomic E-state index is 13.0. The Kier molecular flexibility index (Phi) is 6.62. The Hall–Kier alpha value is -2.33. The van der Waals surface area contributed by atoms with Gasteiger partial charge in [-0.25, -0.2) is 13.1 Å². The topological polar surface area (TPSA) is 89.2 Å². The number of carbonyl (C=O) groups excluding carboxylic acids is 1. The van der Waals surface area contributed by atoms with Gasteiger partial charge in [-0.1, -0.05) is 41.8 Å². The molecule has 170 valence electrons. The van der Waals surface area contributed by atoms with Crippen molar-refractivity contribution in [3.05, 3.63) is 64.0 Å². The van der Waals surface area contributed by atoms with Crippen LogP contribution < -0.4 is 5.32 Å². The molecular weight excluding hydrogens is 473 g/mol. The highest BCUT2D eigenvalue weighted by Gasteiger charge is 2.28. The first-order valence-corrected chi connectivity index (χ1v) is 12.4. The summed E-state index contributed by atoms with van der Waals surface area (Å²) >= 11 is 12.4.